The van der Waals surface area contributed by atoms with Crippen LogP contribution in [0.5, 0.6) is 0 Å². The van der Waals surface area contributed by atoms with Gasteiger partial charge in [0.15, 0.2) is 5.82 Å². The average Bonchev–Trinajstić information content (AvgIpc) is 3.60. The molecule has 4 heterocycles. The van der Waals surface area contributed by atoms with Gasteiger partial charge in [-0.25, -0.2) is 4.68 Å². The number of pyridine rings is 1. The lowest BCUT2D eigenvalue weighted by Crippen LogP contribution is -2.48. The zero-order valence-electron chi connectivity index (χ0n) is 22.1. The third-order valence-electron chi connectivity index (χ3n) is 8.01. The van der Waals surface area contributed by atoms with Gasteiger partial charge in [-0.1, -0.05) is 30.3 Å². The van der Waals surface area contributed by atoms with E-state index in [9.17, 15) is 4.79 Å². The molecule has 0 spiro atoms. The Kier molecular flexibility index (Phi) is 7.06. The molecule has 0 radical (unpaired) electrons. The molecule has 2 fully saturated rings. The summed E-state index contributed by atoms with van der Waals surface area (Å²) < 4.78 is 7.73. The van der Waals surface area contributed by atoms with Crippen LogP contribution < -0.4 is 5.56 Å². The summed E-state index contributed by atoms with van der Waals surface area (Å²) in [6.45, 7) is 9.90. The number of aryl methyl sites for hydroxylation is 2. The van der Waals surface area contributed by atoms with E-state index < -0.39 is 0 Å². The van der Waals surface area contributed by atoms with Crippen LogP contribution in [0.3, 0.4) is 0 Å². The molecule has 2 atom stereocenters. The van der Waals surface area contributed by atoms with Crippen molar-refractivity contribution in [3.8, 4) is 0 Å². The summed E-state index contributed by atoms with van der Waals surface area (Å²) >= 11 is 0. The summed E-state index contributed by atoms with van der Waals surface area (Å²) in [6.07, 6.45) is 2.15. The molecule has 38 heavy (non-hydrogen) atoms. The van der Waals surface area contributed by atoms with Crippen LogP contribution in [0, 0.1) is 13.8 Å². The number of benzene rings is 2. The van der Waals surface area contributed by atoms with Crippen molar-refractivity contribution in [3.63, 3.8) is 0 Å². The molecule has 9 nitrogen and oxygen atoms in total. The standard InChI is InChI=1S/C29H35N7O2/c1-20-15-23-17-25(29(37)30-26(23)16-21(20)2)27(28-31-32-33-36(28)19-24-9-6-14-38-24)35-12-10-34(11-13-35)18-22-7-4-3-5-8-22/h3-5,7-8,15-17,24,27H,6,9-14,18-19H2,1-2H3,(H,30,37)/t24-,27-/m0/s1. The van der Waals surface area contributed by atoms with Crippen molar-refractivity contribution in [1.82, 2.24) is 35.0 Å². The van der Waals surface area contributed by atoms with Crippen LogP contribution >= 0.6 is 0 Å². The van der Waals surface area contributed by atoms with E-state index in [4.69, 9.17) is 4.74 Å². The zero-order valence-corrected chi connectivity index (χ0v) is 22.1. The molecule has 1 N–H and O–H groups in total. The summed E-state index contributed by atoms with van der Waals surface area (Å²) in [5.41, 5.74) is 5.11. The topological polar surface area (TPSA) is 92.2 Å². The normalized spacial score (nSPS) is 19.8. The SMILES string of the molecule is Cc1cc2cc([C@@H](c3nnnn3C[C@@H]3CCCO3)N3CCN(Cc4ccccc4)CC3)c(=O)[nH]c2cc1C. The predicted molar refractivity (Wildman–Crippen MR) is 146 cm³/mol. The molecule has 0 bridgehead atoms. The van der Waals surface area contributed by atoms with E-state index in [1.165, 1.54) is 11.1 Å². The highest BCUT2D eigenvalue weighted by atomic mass is 16.5. The Morgan fingerprint density at radius 3 is 2.61 bits per heavy atom. The average molecular weight is 514 g/mol. The van der Waals surface area contributed by atoms with Gasteiger partial charge in [-0.05, 0) is 77.4 Å². The number of nitrogens with zero attached hydrogens (tertiary/aromatic N) is 6. The second kappa shape index (κ2) is 10.8. The molecule has 2 aliphatic rings. The quantitative estimate of drug-likeness (QED) is 0.406. The Morgan fingerprint density at radius 1 is 1.05 bits per heavy atom. The number of aromatic nitrogens is 5. The minimum Gasteiger partial charge on any atom is -0.376 e. The summed E-state index contributed by atoms with van der Waals surface area (Å²) in [7, 11) is 0. The molecule has 198 valence electrons. The first-order valence-corrected chi connectivity index (χ1v) is 13.6. The van der Waals surface area contributed by atoms with Gasteiger partial charge in [0.25, 0.3) is 5.56 Å². The molecular weight excluding hydrogens is 478 g/mol. The van der Waals surface area contributed by atoms with Crippen LogP contribution in [0.25, 0.3) is 10.9 Å². The number of hydrogen-bond donors (Lipinski definition) is 1. The highest BCUT2D eigenvalue weighted by Gasteiger charge is 2.33. The molecule has 0 unspecified atom stereocenters. The fraction of sp³-hybridized carbons (Fsp3) is 0.448. The second-order valence-corrected chi connectivity index (χ2v) is 10.6. The van der Waals surface area contributed by atoms with Crippen LogP contribution in [0.2, 0.25) is 0 Å². The van der Waals surface area contributed by atoms with Crippen LogP contribution in [0.1, 0.15) is 47.0 Å². The van der Waals surface area contributed by atoms with Crippen molar-refractivity contribution in [2.45, 2.75) is 51.9 Å². The van der Waals surface area contributed by atoms with Crippen LogP contribution in [-0.4, -0.2) is 73.9 Å². The highest BCUT2D eigenvalue weighted by Crippen LogP contribution is 2.29. The van der Waals surface area contributed by atoms with Crippen molar-refractivity contribution >= 4 is 10.9 Å². The molecular formula is C29H35N7O2. The molecule has 2 aromatic heterocycles. The Labute approximate surface area is 222 Å². The third kappa shape index (κ3) is 5.14. The van der Waals surface area contributed by atoms with Crippen molar-refractivity contribution in [2.75, 3.05) is 32.8 Å². The molecule has 2 aliphatic heterocycles. The largest absolute Gasteiger partial charge is 0.376 e. The molecule has 0 amide bonds. The predicted octanol–water partition coefficient (Wildman–Crippen LogP) is 3.22. The van der Waals surface area contributed by atoms with Crippen LogP contribution in [0.15, 0.2) is 53.3 Å². The summed E-state index contributed by atoms with van der Waals surface area (Å²) in [4.78, 5) is 21.5. The Morgan fingerprint density at radius 2 is 1.84 bits per heavy atom. The van der Waals surface area contributed by atoms with E-state index in [0.29, 0.717) is 17.9 Å². The highest BCUT2D eigenvalue weighted by molar-refractivity contribution is 5.81. The van der Waals surface area contributed by atoms with Crippen molar-refractivity contribution in [1.29, 1.82) is 0 Å². The van der Waals surface area contributed by atoms with Gasteiger partial charge in [0.2, 0.25) is 0 Å². The fourth-order valence-corrected chi connectivity index (χ4v) is 5.74. The minimum atomic E-state index is -0.347. The molecule has 9 heteroatoms. The van der Waals surface area contributed by atoms with Gasteiger partial charge in [0, 0.05) is 50.4 Å². The lowest BCUT2D eigenvalue weighted by molar-refractivity contribution is 0.0840. The summed E-state index contributed by atoms with van der Waals surface area (Å²) in [5, 5.41) is 13.9. The zero-order chi connectivity index (χ0) is 26.1. The number of ether oxygens (including phenoxy) is 1. The maximum Gasteiger partial charge on any atom is 0.253 e. The van der Waals surface area contributed by atoms with Crippen molar-refractivity contribution in [2.24, 2.45) is 0 Å². The molecule has 2 aromatic carbocycles. The smallest absolute Gasteiger partial charge is 0.253 e. The van der Waals surface area contributed by atoms with E-state index in [1.807, 2.05) is 10.7 Å². The van der Waals surface area contributed by atoms with Crippen LogP contribution in [-0.2, 0) is 17.8 Å². The van der Waals surface area contributed by atoms with E-state index >= 15 is 0 Å². The number of aromatic amines is 1. The number of rotatable bonds is 7. The first-order chi connectivity index (χ1) is 18.5. The molecule has 6 rings (SSSR count). The van der Waals surface area contributed by atoms with Gasteiger partial charge < -0.3 is 9.72 Å². The molecule has 4 aromatic rings. The summed E-state index contributed by atoms with van der Waals surface area (Å²) in [6, 6.07) is 16.5. The van der Waals surface area contributed by atoms with Crippen molar-refractivity contribution in [3.05, 3.63) is 87.0 Å². The van der Waals surface area contributed by atoms with Gasteiger partial charge >= 0.3 is 0 Å². The third-order valence-corrected chi connectivity index (χ3v) is 8.01. The van der Waals surface area contributed by atoms with Crippen LogP contribution in [0.4, 0.5) is 0 Å². The number of hydrogen-bond acceptors (Lipinski definition) is 7. The number of fused-ring (bicyclic) bond motifs is 1. The Balaban J connectivity index is 1.34. The minimum absolute atomic E-state index is 0.0934. The maximum absolute atomic E-state index is 13.6. The molecule has 0 aliphatic carbocycles. The van der Waals surface area contributed by atoms with E-state index in [0.717, 1.165) is 68.6 Å². The number of tetrazole rings is 1. The van der Waals surface area contributed by atoms with Crippen molar-refractivity contribution < 1.29 is 4.74 Å². The number of piperazine rings is 1. The monoisotopic (exact) mass is 513 g/mol. The first-order valence-electron chi connectivity index (χ1n) is 13.6. The van der Waals surface area contributed by atoms with Gasteiger partial charge in [-0.3, -0.25) is 14.6 Å². The van der Waals surface area contributed by atoms with Gasteiger partial charge in [0.05, 0.1) is 12.6 Å². The van der Waals surface area contributed by atoms with Gasteiger partial charge in [0.1, 0.15) is 6.04 Å². The fourth-order valence-electron chi connectivity index (χ4n) is 5.74. The molecule has 2 saturated heterocycles. The van der Waals surface area contributed by atoms with E-state index in [-0.39, 0.29) is 17.7 Å². The Bertz CT molecular complexity index is 1450. The Hall–Kier alpha value is -3.40. The van der Waals surface area contributed by atoms with E-state index in [2.05, 4.69) is 86.6 Å². The lowest BCUT2D eigenvalue weighted by Gasteiger charge is -2.38. The number of H-pyrrole nitrogens is 1. The maximum atomic E-state index is 13.6. The van der Waals surface area contributed by atoms with Gasteiger partial charge in [-0.15, -0.1) is 5.10 Å². The first kappa shape index (κ1) is 24.9. The lowest BCUT2D eigenvalue weighted by atomic mass is 10.00. The second-order valence-electron chi connectivity index (χ2n) is 10.6. The van der Waals surface area contributed by atoms with Gasteiger partial charge in [-0.2, -0.15) is 0 Å². The molecule has 0 saturated carbocycles. The summed E-state index contributed by atoms with van der Waals surface area (Å²) in [5.74, 6) is 0.700. The number of nitrogens with one attached hydrogen (secondary N) is 1. The van der Waals surface area contributed by atoms with E-state index in [1.54, 1.807) is 0 Å².